The number of hydrogen-bond acceptors (Lipinski definition) is 2. The molecule has 1 atom stereocenters. The number of nitrogens with zero attached hydrogens (tertiary/aromatic N) is 1. The minimum Gasteiger partial charge on any atom is -0.384 e. The van der Waals surface area contributed by atoms with Crippen LogP contribution in [0, 0.1) is 0 Å². The number of rotatable bonds is 0. The predicted octanol–water partition coefficient (Wildman–Crippen LogP) is 2.62. The Balaban J connectivity index is 1.99. The lowest BCUT2D eigenvalue weighted by Gasteiger charge is -2.24. The summed E-state index contributed by atoms with van der Waals surface area (Å²) in [6, 6.07) is 3.82. The van der Waals surface area contributed by atoms with Gasteiger partial charge in [-0.3, -0.25) is 4.79 Å². The molecule has 3 rings (SSSR count). The molecule has 1 amide bonds. The van der Waals surface area contributed by atoms with Crippen LogP contribution in [0.3, 0.4) is 0 Å². The van der Waals surface area contributed by atoms with Crippen LogP contribution >= 0.6 is 0 Å². The zero-order valence-electron chi connectivity index (χ0n) is 11.0. The number of halogens is 3. The van der Waals surface area contributed by atoms with Crippen molar-refractivity contribution in [2.75, 3.05) is 25.0 Å². The summed E-state index contributed by atoms with van der Waals surface area (Å²) in [7, 11) is 0. The van der Waals surface area contributed by atoms with Gasteiger partial charge in [0, 0.05) is 37.7 Å². The maximum Gasteiger partial charge on any atom is 0.416 e. The summed E-state index contributed by atoms with van der Waals surface area (Å²) >= 11 is 0. The van der Waals surface area contributed by atoms with E-state index in [0.717, 1.165) is 11.8 Å². The summed E-state index contributed by atoms with van der Waals surface area (Å²) in [5.74, 6) is -0.0256. The molecule has 3 nitrogen and oxygen atoms in total. The standard InChI is InChI=1S/C14H15F3N2O/c1-9(20)19-5-4-13(8-19)7-18-12-3-2-10(6-11(12)13)14(15,16)17/h2-3,6,18H,4-5,7-8H2,1H3. The molecule has 2 aliphatic heterocycles. The van der Waals surface area contributed by atoms with E-state index < -0.39 is 11.7 Å². The number of fused-ring (bicyclic) bond motifs is 2. The van der Waals surface area contributed by atoms with Crippen LogP contribution in [0.5, 0.6) is 0 Å². The zero-order valence-corrected chi connectivity index (χ0v) is 11.0. The van der Waals surface area contributed by atoms with Gasteiger partial charge >= 0.3 is 6.18 Å². The molecule has 108 valence electrons. The second-order valence-electron chi connectivity index (χ2n) is 5.58. The number of alkyl halides is 3. The van der Waals surface area contributed by atoms with Gasteiger partial charge in [0.2, 0.25) is 5.91 Å². The van der Waals surface area contributed by atoms with Crippen LogP contribution in [0.2, 0.25) is 0 Å². The molecule has 2 aliphatic rings. The van der Waals surface area contributed by atoms with Crippen molar-refractivity contribution >= 4 is 11.6 Å². The van der Waals surface area contributed by atoms with E-state index in [9.17, 15) is 18.0 Å². The van der Waals surface area contributed by atoms with Crippen LogP contribution in [0.25, 0.3) is 0 Å². The van der Waals surface area contributed by atoms with Crippen molar-refractivity contribution in [3.05, 3.63) is 29.3 Å². The van der Waals surface area contributed by atoms with Crippen LogP contribution < -0.4 is 5.32 Å². The van der Waals surface area contributed by atoms with Crippen molar-refractivity contribution in [3.8, 4) is 0 Å². The van der Waals surface area contributed by atoms with E-state index in [1.807, 2.05) is 0 Å². The van der Waals surface area contributed by atoms with Crippen molar-refractivity contribution in [3.63, 3.8) is 0 Å². The number of benzene rings is 1. The Morgan fingerprint density at radius 2 is 2.15 bits per heavy atom. The molecular weight excluding hydrogens is 269 g/mol. The number of carbonyl (C=O) groups is 1. The van der Waals surface area contributed by atoms with E-state index in [2.05, 4.69) is 5.32 Å². The number of nitrogens with one attached hydrogen (secondary N) is 1. The average molecular weight is 284 g/mol. The quantitative estimate of drug-likeness (QED) is 0.794. The van der Waals surface area contributed by atoms with Gasteiger partial charge in [-0.1, -0.05) is 0 Å². The van der Waals surface area contributed by atoms with Crippen LogP contribution in [0.15, 0.2) is 18.2 Å². The van der Waals surface area contributed by atoms with Gasteiger partial charge in [0.1, 0.15) is 0 Å². The largest absolute Gasteiger partial charge is 0.416 e. The summed E-state index contributed by atoms with van der Waals surface area (Å²) < 4.78 is 38.6. The van der Waals surface area contributed by atoms with E-state index >= 15 is 0 Å². The highest BCUT2D eigenvalue weighted by atomic mass is 19.4. The summed E-state index contributed by atoms with van der Waals surface area (Å²) in [6.45, 7) is 3.18. The van der Waals surface area contributed by atoms with Crippen LogP contribution in [0.4, 0.5) is 18.9 Å². The second-order valence-corrected chi connectivity index (χ2v) is 5.58. The first-order valence-electron chi connectivity index (χ1n) is 6.53. The topological polar surface area (TPSA) is 32.3 Å². The molecule has 1 N–H and O–H groups in total. The van der Waals surface area contributed by atoms with Gasteiger partial charge in [0.05, 0.1) is 5.56 Å². The van der Waals surface area contributed by atoms with E-state index in [1.54, 1.807) is 4.90 Å². The van der Waals surface area contributed by atoms with Gasteiger partial charge in [-0.25, -0.2) is 0 Å². The average Bonchev–Trinajstić information content (AvgIpc) is 2.95. The third-order valence-corrected chi connectivity index (χ3v) is 4.33. The van der Waals surface area contributed by atoms with Gasteiger partial charge in [0.25, 0.3) is 0 Å². The van der Waals surface area contributed by atoms with Crippen molar-refractivity contribution in [1.82, 2.24) is 4.90 Å². The van der Waals surface area contributed by atoms with E-state index in [0.29, 0.717) is 31.6 Å². The molecule has 1 fully saturated rings. The summed E-state index contributed by atoms with van der Waals surface area (Å²) in [5, 5.41) is 3.17. The molecular formula is C14H15F3N2O. The smallest absolute Gasteiger partial charge is 0.384 e. The molecule has 6 heteroatoms. The Morgan fingerprint density at radius 3 is 2.75 bits per heavy atom. The van der Waals surface area contributed by atoms with E-state index in [1.165, 1.54) is 19.1 Å². The Bertz CT molecular complexity index is 570. The summed E-state index contributed by atoms with van der Waals surface area (Å²) in [6.07, 6.45) is -3.63. The third kappa shape index (κ3) is 1.94. The molecule has 1 unspecified atom stereocenters. The molecule has 0 aliphatic carbocycles. The van der Waals surface area contributed by atoms with Crippen molar-refractivity contribution in [1.29, 1.82) is 0 Å². The fourth-order valence-corrected chi connectivity index (χ4v) is 3.18. The first kappa shape index (κ1) is 13.3. The lowest BCUT2D eigenvalue weighted by Crippen LogP contribution is -2.34. The van der Waals surface area contributed by atoms with E-state index in [-0.39, 0.29) is 11.3 Å². The first-order valence-corrected chi connectivity index (χ1v) is 6.53. The Labute approximate surface area is 114 Å². The van der Waals surface area contributed by atoms with Crippen molar-refractivity contribution < 1.29 is 18.0 Å². The normalized spacial score (nSPS) is 24.9. The number of likely N-dealkylation sites (tertiary alicyclic amines) is 1. The molecule has 0 bridgehead atoms. The molecule has 1 saturated heterocycles. The molecule has 0 aromatic heterocycles. The van der Waals surface area contributed by atoms with Crippen LogP contribution in [0.1, 0.15) is 24.5 Å². The molecule has 1 spiro atoms. The highest BCUT2D eigenvalue weighted by molar-refractivity contribution is 5.74. The maximum absolute atomic E-state index is 12.9. The monoisotopic (exact) mass is 284 g/mol. The van der Waals surface area contributed by atoms with Crippen molar-refractivity contribution in [2.24, 2.45) is 0 Å². The fourth-order valence-electron chi connectivity index (χ4n) is 3.18. The highest BCUT2D eigenvalue weighted by Gasteiger charge is 2.46. The highest BCUT2D eigenvalue weighted by Crippen LogP contribution is 2.45. The third-order valence-electron chi connectivity index (χ3n) is 4.33. The molecule has 0 saturated carbocycles. The Kier molecular flexibility index (Phi) is 2.74. The predicted molar refractivity (Wildman–Crippen MR) is 68.5 cm³/mol. The van der Waals surface area contributed by atoms with Crippen LogP contribution in [-0.2, 0) is 16.4 Å². The number of hydrogen-bond donors (Lipinski definition) is 1. The van der Waals surface area contributed by atoms with Gasteiger partial charge < -0.3 is 10.2 Å². The molecule has 20 heavy (non-hydrogen) atoms. The number of amides is 1. The van der Waals surface area contributed by atoms with Crippen molar-refractivity contribution in [2.45, 2.75) is 24.9 Å². The minimum atomic E-state index is -4.34. The van der Waals surface area contributed by atoms with E-state index in [4.69, 9.17) is 0 Å². The molecule has 2 heterocycles. The number of carbonyl (C=O) groups excluding carboxylic acids is 1. The lowest BCUT2D eigenvalue weighted by molar-refractivity contribution is -0.137. The second kappa shape index (κ2) is 4.14. The molecule has 0 radical (unpaired) electrons. The van der Waals surface area contributed by atoms with Gasteiger partial charge in [-0.15, -0.1) is 0 Å². The Morgan fingerprint density at radius 1 is 1.40 bits per heavy atom. The molecule has 1 aromatic rings. The van der Waals surface area contributed by atoms with Gasteiger partial charge in [-0.2, -0.15) is 13.2 Å². The fraction of sp³-hybridized carbons (Fsp3) is 0.500. The van der Waals surface area contributed by atoms with Gasteiger partial charge in [-0.05, 0) is 30.2 Å². The van der Waals surface area contributed by atoms with Gasteiger partial charge in [0.15, 0.2) is 0 Å². The summed E-state index contributed by atoms with van der Waals surface area (Å²) in [5.41, 5.74) is 0.447. The SMILES string of the molecule is CC(=O)N1CCC2(CNc3ccc(C(F)(F)F)cc32)C1. The number of anilines is 1. The molecule has 1 aromatic carbocycles. The van der Waals surface area contributed by atoms with Crippen LogP contribution in [-0.4, -0.2) is 30.4 Å². The lowest BCUT2D eigenvalue weighted by atomic mass is 9.81. The zero-order chi connectivity index (χ0) is 14.5. The minimum absolute atomic E-state index is 0.0256. The maximum atomic E-state index is 12.9. The summed E-state index contributed by atoms with van der Waals surface area (Å²) in [4.78, 5) is 13.2. The Hall–Kier alpha value is -1.72. The first-order chi connectivity index (χ1) is 9.32.